The van der Waals surface area contributed by atoms with Gasteiger partial charge in [0.05, 0.1) is 17.6 Å². The van der Waals surface area contributed by atoms with Gasteiger partial charge in [-0.2, -0.15) is 0 Å². The average Bonchev–Trinajstić information content (AvgIpc) is 3.01. The van der Waals surface area contributed by atoms with Gasteiger partial charge >= 0.3 is 0 Å². The minimum absolute atomic E-state index is 0.714. The van der Waals surface area contributed by atoms with Crippen LogP contribution in [0.1, 0.15) is 11.4 Å². The summed E-state index contributed by atoms with van der Waals surface area (Å²) in [5.74, 6) is 0.714. The van der Waals surface area contributed by atoms with Gasteiger partial charge in [-0.25, -0.2) is 9.97 Å². The van der Waals surface area contributed by atoms with Gasteiger partial charge in [-0.05, 0) is 26.0 Å². The van der Waals surface area contributed by atoms with E-state index in [4.69, 9.17) is 4.42 Å². The van der Waals surface area contributed by atoms with Crippen molar-refractivity contribution in [1.29, 1.82) is 0 Å². The molecule has 19 heavy (non-hydrogen) atoms. The Labute approximate surface area is 114 Å². The Morgan fingerprint density at radius 2 is 2.11 bits per heavy atom. The number of pyridine rings is 1. The van der Waals surface area contributed by atoms with E-state index in [1.54, 1.807) is 6.20 Å². The van der Waals surface area contributed by atoms with Crippen molar-refractivity contribution < 1.29 is 4.42 Å². The summed E-state index contributed by atoms with van der Waals surface area (Å²) in [7, 11) is 0. The molecule has 0 saturated heterocycles. The Hall–Kier alpha value is -2.21. The highest BCUT2D eigenvalue weighted by Crippen LogP contribution is 2.28. The molecular weight excluding hydrogens is 260 g/mol. The second-order valence-electron chi connectivity index (χ2n) is 4.12. The molecule has 0 amide bonds. The van der Waals surface area contributed by atoms with Gasteiger partial charge in [0.25, 0.3) is 0 Å². The van der Waals surface area contributed by atoms with Crippen LogP contribution in [0.2, 0.25) is 0 Å². The number of rotatable bonds is 3. The maximum atomic E-state index is 5.32. The number of nitrogens with one attached hydrogen (secondary N) is 1. The predicted molar refractivity (Wildman–Crippen MR) is 74.6 cm³/mol. The van der Waals surface area contributed by atoms with E-state index in [0.29, 0.717) is 5.76 Å². The molecule has 3 rings (SSSR count). The zero-order chi connectivity index (χ0) is 13.2. The number of hydrogen-bond acceptors (Lipinski definition) is 6. The van der Waals surface area contributed by atoms with E-state index in [9.17, 15) is 0 Å². The molecule has 0 fully saturated rings. The fourth-order valence-corrected chi connectivity index (χ4v) is 2.36. The van der Waals surface area contributed by atoms with Crippen molar-refractivity contribution in [2.24, 2.45) is 0 Å². The Morgan fingerprint density at radius 3 is 2.79 bits per heavy atom. The third-order valence-electron chi connectivity index (χ3n) is 2.64. The number of oxazole rings is 1. The average molecular weight is 272 g/mol. The van der Waals surface area contributed by atoms with Gasteiger partial charge in [-0.1, -0.05) is 0 Å². The molecule has 6 heteroatoms. The van der Waals surface area contributed by atoms with Crippen LogP contribution in [0.15, 0.2) is 34.5 Å². The van der Waals surface area contributed by atoms with Crippen molar-refractivity contribution in [3.8, 4) is 11.5 Å². The van der Waals surface area contributed by atoms with Crippen LogP contribution in [0.4, 0.5) is 10.8 Å². The summed E-state index contributed by atoms with van der Waals surface area (Å²) in [6.45, 7) is 3.85. The predicted octanol–water partition coefficient (Wildman–Crippen LogP) is 3.55. The number of aryl methyl sites for hydroxylation is 2. The molecule has 1 N–H and O–H groups in total. The molecule has 5 nitrogen and oxygen atoms in total. The van der Waals surface area contributed by atoms with Gasteiger partial charge in [0.15, 0.2) is 17.3 Å². The lowest BCUT2D eigenvalue weighted by molar-refractivity contribution is 0.569. The summed E-state index contributed by atoms with van der Waals surface area (Å²) in [6.07, 6.45) is 3.22. The molecule has 0 aliphatic heterocycles. The van der Waals surface area contributed by atoms with E-state index in [1.807, 2.05) is 31.4 Å². The highest BCUT2D eigenvalue weighted by Gasteiger charge is 2.11. The number of aromatic nitrogens is 3. The summed E-state index contributed by atoms with van der Waals surface area (Å²) in [4.78, 5) is 12.8. The van der Waals surface area contributed by atoms with Gasteiger partial charge in [-0.15, -0.1) is 11.3 Å². The monoisotopic (exact) mass is 272 g/mol. The van der Waals surface area contributed by atoms with Crippen LogP contribution in [0.3, 0.4) is 0 Å². The third kappa shape index (κ3) is 2.48. The first-order chi connectivity index (χ1) is 9.22. The second-order valence-corrected chi connectivity index (χ2v) is 4.98. The molecule has 3 heterocycles. The van der Waals surface area contributed by atoms with Crippen molar-refractivity contribution in [3.05, 3.63) is 41.5 Å². The Morgan fingerprint density at radius 1 is 1.21 bits per heavy atom. The third-order valence-corrected chi connectivity index (χ3v) is 3.40. The Balaban J connectivity index is 1.82. The second kappa shape index (κ2) is 4.81. The number of hydrogen-bond donors (Lipinski definition) is 1. The maximum absolute atomic E-state index is 5.32. The molecule has 3 aromatic rings. The van der Waals surface area contributed by atoms with Gasteiger partial charge in [0.2, 0.25) is 0 Å². The maximum Gasteiger partial charge on any atom is 0.187 e. The smallest absolute Gasteiger partial charge is 0.187 e. The van der Waals surface area contributed by atoms with E-state index in [2.05, 4.69) is 20.3 Å². The fraction of sp³-hybridized carbons (Fsp3) is 0.154. The topological polar surface area (TPSA) is 63.8 Å². The summed E-state index contributed by atoms with van der Waals surface area (Å²) < 4.78 is 5.32. The summed E-state index contributed by atoms with van der Waals surface area (Å²) in [5, 5.41) is 5.96. The van der Waals surface area contributed by atoms with Crippen LogP contribution in [0, 0.1) is 13.8 Å². The highest BCUT2D eigenvalue weighted by atomic mass is 32.1. The van der Waals surface area contributed by atoms with Crippen molar-refractivity contribution in [1.82, 2.24) is 15.0 Å². The largest absolute Gasteiger partial charge is 0.442 e. The molecule has 0 aromatic carbocycles. The summed E-state index contributed by atoms with van der Waals surface area (Å²) in [5.41, 5.74) is 3.54. The lowest BCUT2D eigenvalue weighted by atomic mass is 10.3. The number of anilines is 2. The van der Waals surface area contributed by atoms with Crippen LogP contribution in [-0.2, 0) is 0 Å². The molecule has 3 aromatic heterocycles. The van der Waals surface area contributed by atoms with Crippen LogP contribution < -0.4 is 5.32 Å². The van der Waals surface area contributed by atoms with E-state index < -0.39 is 0 Å². The van der Waals surface area contributed by atoms with E-state index in [0.717, 1.165) is 27.9 Å². The summed E-state index contributed by atoms with van der Waals surface area (Å²) >= 11 is 1.52. The molecule has 0 saturated carbocycles. The first-order valence-corrected chi connectivity index (χ1v) is 6.66. The molecule has 0 atom stereocenters. The van der Waals surface area contributed by atoms with E-state index in [1.165, 1.54) is 17.7 Å². The lowest BCUT2D eigenvalue weighted by Crippen LogP contribution is -1.91. The minimum Gasteiger partial charge on any atom is -0.442 e. The molecule has 0 unspecified atom stereocenters. The molecule has 0 radical (unpaired) electrons. The highest BCUT2D eigenvalue weighted by molar-refractivity contribution is 7.14. The van der Waals surface area contributed by atoms with E-state index in [-0.39, 0.29) is 0 Å². The van der Waals surface area contributed by atoms with Crippen molar-refractivity contribution in [2.45, 2.75) is 13.8 Å². The zero-order valence-corrected chi connectivity index (χ0v) is 11.4. The lowest BCUT2D eigenvalue weighted by Gasteiger charge is -2.01. The molecule has 0 bridgehead atoms. The van der Waals surface area contributed by atoms with Crippen LogP contribution in [-0.4, -0.2) is 15.0 Å². The van der Waals surface area contributed by atoms with Crippen molar-refractivity contribution >= 4 is 22.2 Å². The van der Waals surface area contributed by atoms with E-state index >= 15 is 0 Å². The summed E-state index contributed by atoms with van der Waals surface area (Å²) in [6, 6.07) is 3.93. The first kappa shape index (κ1) is 11.9. The molecular formula is C13H12N4OS. The van der Waals surface area contributed by atoms with Gasteiger partial charge < -0.3 is 9.73 Å². The fourth-order valence-electron chi connectivity index (χ4n) is 1.65. The molecule has 0 aliphatic rings. The molecule has 0 spiro atoms. The van der Waals surface area contributed by atoms with Gasteiger partial charge in [0.1, 0.15) is 5.69 Å². The SMILES string of the molecule is Cc1ccc(Nc2nc(-c3ocnc3C)cs2)cn1. The Bertz CT molecular complexity index is 687. The number of nitrogens with zero attached hydrogens (tertiary/aromatic N) is 3. The molecule has 96 valence electrons. The standard InChI is InChI=1S/C13H12N4OS/c1-8-3-4-10(5-14-8)16-13-17-11(6-19-13)12-9(2)15-7-18-12/h3-7H,1-2H3,(H,16,17). The van der Waals surface area contributed by atoms with Crippen LogP contribution >= 0.6 is 11.3 Å². The Kier molecular flexibility index (Phi) is 3.00. The molecule has 0 aliphatic carbocycles. The van der Waals surface area contributed by atoms with Gasteiger partial charge in [0, 0.05) is 11.1 Å². The first-order valence-electron chi connectivity index (χ1n) is 5.78. The number of thiazole rings is 1. The van der Waals surface area contributed by atoms with Crippen LogP contribution in [0.25, 0.3) is 11.5 Å². The van der Waals surface area contributed by atoms with Gasteiger partial charge in [-0.3, -0.25) is 4.98 Å². The van der Waals surface area contributed by atoms with Crippen molar-refractivity contribution in [3.63, 3.8) is 0 Å². The quantitative estimate of drug-likeness (QED) is 0.789. The van der Waals surface area contributed by atoms with Crippen LogP contribution in [0.5, 0.6) is 0 Å². The zero-order valence-electron chi connectivity index (χ0n) is 10.5. The normalized spacial score (nSPS) is 10.6. The minimum atomic E-state index is 0.714. The van der Waals surface area contributed by atoms with Crippen molar-refractivity contribution in [2.75, 3.05) is 5.32 Å².